The largest absolute Gasteiger partial charge is 0.497 e. The average Bonchev–Trinajstić information content (AvgIpc) is 2.64. The first-order valence-corrected chi connectivity index (χ1v) is 10.2. The molecule has 0 bridgehead atoms. The summed E-state index contributed by atoms with van der Waals surface area (Å²) in [6.45, 7) is 10.4. The highest BCUT2D eigenvalue weighted by Crippen LogP contribution is 2.46. The molecule has 1 aliphatic heterocycles. The standard InChI is InChI=1S/C24H31NO4/c1-14(2)13-29-23(27)20-15(3)25-18-11-24(4,5)12-19(26)22(18)21(20)16-7-9-17(28-6)10-8-16/h7-10,14,21,25H,11-13H2,1-6H3/t21-/m1/s1. The minimum absolute atomic E-state index is 0.0891. The van der Waals surface area contributed by atoms with E-state index in [9.17, 15) is 9.59 Å². The Morgan fingerprint density at radius 1 is 1.21 bits per heavy atom. The summed E-state index contributed by atoms with van der Waals surface area (Å²) < 4.78 is 10.8. The maximum absolute atomic E-state index is 13.2. The molecule has 0 spiro atoms. The summed E-state index contributed by atoms with van der Waals surface area (Å²) in [5.74, 6) is 0.265. The van der Waals surface area contributed by atoms with Gasteiger partial charge in [0.05, 0.1) is 19.3 Å². The van der Waals surface area contributed by atoms with Crippen LogP contribution in [-0.2, 0) is 14.3 Å². The lowest BCUT2D eigenvalue weighted by Crippen LogP contribution is -2.38. The lowest BCUT2D eigenvalue weighted by Gasteiger charge is -2.39. The fourth-order valence-electron chi connectivity index (χ4n) is 4.16. The van der Waals surface area contributed by atoms with Crippen LogP contribution in [0.15, 0.2) is 46.8 Å². The Morgan fingerprint density at radius 2 is 1.86 bits per heavy atom. The zero-order chi connectivity index (χ0) is 21.3. The number of ether oxygens (including phenoxy) is 2. The molecule has 1 atom stereocenters. The molecule has 5 nitrogen and oxygen atoms in total. The van der Waals surface area contributed by atoms with Crippen LogP contribution in [0.25, 0.3) is 0 Å². The van der Waals surface area contributed by atoms with Gasteiger partial charge in [-0.05, 0) is 42.4 Å². The Labute approximate surface area is 173 Å². The number of benzene rings is 1. The second kappa shape index (κ2) is 8.05. The van der Waals surface area contributed by atoms with Crippen LogP contribution in [0.3, 0.4) is 0 Å². The van der Waals surface area contributed by atoms with Gasteiger partial charge >= 0.3 is 5.97 Å². The van der Waals surface area contributed by atoms with Crippen LogP contribution < -0.4 is 10.1 Å². The molecule has 3 rings (SSSR count). The third-order valence-electron chi connectivity index (χ3n) is 5.46. The van der Waals surface area contributed by atoms with Crippen LogP contribution >= 0.6 is 0 Å². The Hall–Kier alpha value is -2.56. The van der Waals surface area contributed by atoms with Gasteiger partial charge in [-0.1, -0.05) is 39.8 Å². The number of carbonyl (C=O) groups is 2. The summed E-state index contributed by atoms with van der Waals surface area (Å²) in [7, 11) is 1.62. The number of hydrogen-bond acceptors (Lipinski definition) is 5. The molecule has 0 saturated heterocycles. The summed E-state index contributed by atoms with van der Waals surface area (Å²) in [5, 5.41) is 3.36. The Balaban J connectivity index is 2.09. The molecule has 0 fully saturated rings. The molecule has 0 unspecified atom stereocenters. The van der Waals surface area contributed by atoms with Gasteiger partial charge in [-0.2, -0.15) is 0 Å². The number of esters is 1. The number of dihydropyridines is 1. The van der Waals surface area contributed by atoms with Gasteiger partial charge in [0.15, 0.2) is 5.78 Å². The second-order valence-corrected chi connectivity index (χ2v) is 9.20. The van der Waals surface area contributed by atoms with Crippen molar-refractivity contribution in [2.24, 2.45) is 11.3 Å². The van der Waals surface area contributed by atoms with Crippen LogP contribution in [0.2, 0.25) is 0 Å². The van der Waals surface area contributed by atoms with E-state index < -0.39 is 5.92 Å². The van der Waals surface area contributed by atoms with E-state index in [4.69, 9.17) is 9.47 Å². The van der Waals surface area contributed by atoms with Crippen molar-refractivity contribution in [2.75, 3.05) is 13.7 Å². The minimum Gasteiger partial charge on any atom is -0.497 e. The van der Waals surface area contributed by atoms with Gasteiger partial charge in [-0.3, -0.25) is 4.79 Å². The highest BCUT2D eigenvalue weighted by Gasteiger charge is 2.43. The fourth-order valence-corrected chi connectivity index (χ4v) is 4.16. The highest BCUT2D eigenvalue weighted by atomic mass is 16.5. The maximum Gasteiger partial charge on any atom is 0.336 e. The number of hydrogen-bond donors (Lipinski definition) is 1. The number of methoxy groups -OCH3 is 1. The van der Waals surface area contributed by atoms with Gasteiger partial charge in [-0.25, -0.2) is 4.79 Å². The summed E-state index contributed by atoms with van der Waals surface area (Å²) >= 11 is 0. The lowest BCUT2D eigenvalue weighted by atomic mass is 9.68. The first-order chi connectivity index (χ1) is 13.6. The molecular formula is C24H31NO4. The third-order valence-corrected chi connectivity index (χ3v) is 5.46. The first kappa shape index (κ1) is 21.2. The Morgan fingerprint density at radius 3 is 2.45 bits per heavy atom. The van der Waals surface area contributed by atoms with Gasteiger partial charge < -0.3 is 14.8 Å². The summed E-state index contributed by atoms with van der Waals surface area (Å²) in [6.07, 6.45) is 1.24. The first-order valence-electron chi connectivity index (χ1n) is 10.2. The van der Waals surface area contributed by atoms with E-state index in [-0.39, 0.29) is 23.1 Å². The van der Waals surface area contributed by atoms with Crippen LogP contribution in [0.1, 0.15) is 58.9 Å². The van der Waals surface area contributed by atoms with Gasteiger partial charge in [0.1, 0.15) is 5.75 Å². The molecule has 0 aromatic heterocycles. The summed E-state index contributed by atoms with van der Waals surface area (Å²) in [5.41, 5.74) is 3.67. The molecule has 5 heteroatoms. The number of ketones is 1. The van der Waals surface area contributed by atoms with Crippen LogP contribution in [0, 0.1) is 11.3 Å². The number of nitrogens with one attached hydrogen (secondary N) is 1. The molecule has 1 heterocycles. The van der Waals surface area contributed by atoms with E-state index in [2.05, 4.69) is 19.2 Å². The second-order valence-electron chi connectivity index (χ2n) is 9.20. The molecule has 2 aliphatic rings. The van der Waals surface area contributed by atoms with Crippen LogP contribution in [0.5, 0.6) is 5.75 Å². The third kappa shape index (κ3) is 4.39. The molecule has 156 valence electrons. The van der Waals surface area contributed by atoms with Crippen molar-refractivity contribution in [2.45, 2.75) is 53.4 Å². The quantitative estimate of drug-likeness (QED) is 0.741. The summed E-state index contributed by atoms with van der Waals surface area (Å²) in [6, 6.07) is 7.58. The number of carbonyl (C=O) groups excluding carboxylic acids is 2. The van der Waals surface area contributed by atoms with Gasteiger partial charge in [0.25, 0.3) is 0 Å². The van der Waals surface area contributed by atoms with E-state index >= 15 is 0 Å². The van der Waals surface area contributed by atoms with E-state index in [1.165, 1.54) is 0 Å². The molecule has 1 aromatic carbocycles. The number of Topliss-reactive ketones (excluding diaryl/α,β-unsaturated/α-hetero) is 1. The van der Waals surface area contributed by atoms with E-state index in [1.54, 1.807) is 7.11 Å². The van der Waals surface area contributed by atoms with Gasteiger partial charge in [-0.15, -0.1) is 0 Å². The number of allylic oxidation sites excluding steroid dienone is 3. The van der Waals surface area contributed by atoms with Crippen molar-refractivity contribution in [3.63, 3.8) is 0 Å². The monoisotopic (exact) mass is 397 g/mol. The molecule has 1 aromatic rings. The van der Waals surface area contributed by atoms with Crippen molar-refractivity contribution in [3.8, 4) is 5.75 Å². The van der Waals surface area contributed by atoms with Crippen molar-refractivity contribution in [3.05, 3.63) is 52.4 Å². The van der Waals surface area contributed by atoms with Gasteiger partial charge in [0.2, 0.25) is 0 Å². The van der Waals surface area contributed by atoms with Crippen LogP contribution in [0.4, 0.5) is 0 Å². The van der Waals surface area contributed by atoms with Crippen LogP contribution in [-0.4, -0.2) is 25.5 Å². The van der Waals surface area contributed by atoms with Crippen molar-refractivity contribution < 1.29 is 19.1 Å². The topological polar surface area (TPSA) is 64.6 Å². The number of rotatable bonds is 5. The van der Waals surface area contributed by atoms with E-state index in [0.29, 0.717) is 24.2 Å². The van der Waals surface area contributed by atoms with Gasteiger partial charge in [0, 0.05) is 29.3 Å². The Kier molecular flexibility index (Phi) is 5.87. The molecule has 0 saturated carbocycles. The maximum atomic E-state index is 13.2. The lowest BCUT2D eigenvalue weighted by molar-refractivity contribution is -0.140. The smallest absolute Gasteiger partial charge is 0.336 e. The zero-order valence-electron chi connectivity index (χ0n) is 18.2. The fraction of sp³-hybridized carbons (Fsp3) is 0.500. The molecule has 1 aliphatic carbocycles. The summed E-state index contributed by atoms with van der Waals surface area (Å²) in [4.78, 5) is 26.2. The van der Waals surface area contributed by atoms with Crippen molar-refractivity contribution in [1.82, 2.24) is 5.32 Å². The molecule has 0 amide bonds. The molecule has 1 N–H and O–H groups in total. The predicted octanol–water partition coefficient (Wildman–Crippen LogP) is 4.50. The molecule has 0 radical (unpaired) electrons. The van der Waals surface area contributed by atoms with Crippen molar-refractivity contribution in [1.29, 1.82) is 0 Å². The normalized spacial score (nSPS) is 21.1. The Bertz CT molecular complexity index is 875. The predicted molar refractivity (Wildman–Crippen MR) is 112 cm³/mol. The van der Waals surface area contributed by atoms with E-state index in [1.807, 2.05) is 45.0 Å². The molecule has 29 heavy (non-hydrogen) atoms. The SMILES string of the molecule is COc1ccc([C@@H]2C(C(=O)OCC(C)C)=C(C)NC3=C2C(=O)CC(C)(C)C3)cc1. The van der Waals surface area contributed by atoms with E-state index in [0.717, 1.165) is 29.1 Å². The zero-order valence-corrected chi connectivity index (χ0v) is 18.2. The van der Waals surface area contributed by atoms with Crippen molar-refractivity contribution >= 4 is 11.8 Å². The molecular weight excluding hydrogens is 366 g/mol. The average molecular weight is 398 g/mol. The highest BCUT2D eigenvalue weighted by molar-refractivity contribution is 6.04. The minimum atomic E-state index is -0.430.